The van der Waals surface area contributed by atoms with E-state index in [9.17, 15) is 0 Å². The summed E-state index contributed by atoms with van der Waals surface area (Å²) in [7, 11) is 0. The average molecular weight is 293 g/mol. The summed E-state index contributed by atoms with van der Waals surface area (Å²) in [6.45, 7) is 9.97. The van der Waals surface area contributed by atoms with Crippen LogP contribution in [0.15, 0.2) is 0 Å². The van der Waals surface area contributed by atoms with Gasteiger partial charge in [-0.1, -0.05) is 27.2 Å². The van der Waals surface area contributed by atoms with E-state index in [0.717, 1.165) is 44.3 Å². The molecule has 6 nitrogen and oxygen atoms in total. The smallest absolute Gasteiger partial charge is 0.323 e. The predicted octanol–water partition coefficient (Wildman–Crippen LogP) is 2.72. The first-order valence-corrected chi connectivity index (χ1v) is 8.14. The fraction of sp³-hybridized carbons (Fsp3) is 0.800. The molecule has 118 valence electrons. The Kier molecular flexibility index (Phi) is 6.02. The SMILES string of the molecule is CCCNc1nc(OCCC)nc(N2CCC(CC)C2)n1. The van der Waals surface area contributed by atoms with Crippen LogP contribution in [-0.2, 0) is 0 Å². The first-order valence-electron chi connectivity index (χ1n) is 8.14. The van der Waals surface area contributed by atoms with E-state index in [2.05, 4.69) is 45.9 Å². The summed E-state index contributed by atoms with van der Waals surface area (Å²) < 4.78 is 5.60. The minimum Gasteiger partial charge on any atom is -0.463 e. The minimum atomic E-state index is 0.431. The van der Waals surface area contributed by atoms with Crippen molar-refractivity contribution in [2.75, 3.05) is 36.5 Å². The molecule has 1 aromatic rings. The monoisotopic (exact) mass is 293 g/mol. The maximum Gasteiger partial charge on any atom is 0.323 e. The molecule has 1 aliphatic heterocycles. The number of ether oxygens (including phenoxy) is 1. The fourth-order valence-corrected chi connectivity index (χ4v) is 2.41. The van der Waals surface area contributed by atoms with Crippen molar-refractivity contribution in [2.24, 2.45) is 5.92 Å². The van der Waals surface area contributed by atoms with Crippen LogP contribution in [-0.4, -0.2) is 41.2 Å². The number of hydrogen-bond donors (Lipinski definition) is 1. The summed E-state index contributed by atoms with van der Waals surface area (Å²) in [5.74, 6) is 2.10. The van der Waals surface area contributed by atoms with Crippen molar-refractivity contribution >= 4 is 11.9 Å². The Balaban J connectivity index is 2.14. The van der Waals surface area contributed by atoms with Gasteiger partial charge in [0.25, 0.3) is 0 Å². The van der Waals surface area contributed by atoms with Crippen molar-refractivity contribution < 1.29 is 4.74 Å². The molecule has 0 spiro atoms. The van der Waals surface area contributed by atoms with Crippen molar-refractivity contribution in [1.29, 1.82) is 0 Å². The van der Waals surface area contributed by atoms with Crippen LogP contribution in [0.3, 0.4) is 0 Å². The Labute approximate surface area is 127 Å². The number of anilines is 2. The standard InChI is InChI=1S/C15H27N5O/c1-4-8-16-13-17-14(19-15(18-13)21-10-5-2)20-9-7-12(6-3)11-20/h12H,4-11H2,1-3H3,(H,16,17,18,19). The summed E-state index contributed by atoms with van der Waals surface area (Å²) in [5.41, 5.74) is 0. The summed E-state index contributed by atoms with van der Waals surface area (Å²) in [6.07, 6.45) is 4.40. The van der Waals surface area contributed by atoms with Crippen LogP contribution in [0.2, 0.25) is 0 Å². The Morgan fingerprint density at radius 1 is 1.19 bits per heavy atom. The molecule has 0 aromatic carbocycles. The van der Waals surface area contributed by atoms with Crippen molar-refractivity contribution in [3.63, 3.8) is 0 Å². The molecule has 2 rings (SSSR count). The Bertz CT molecular complexity index is 414. The van der Waals surface area contributed by atoms with Crippen molar-refractivity contribution in [3.8, 4) is 6.01 Å². The highest BCUT2D eigenvalue weighted by Gasteiger charge is 2.24. The van der Waals surface area contributed by atoms with E-state index in [-0.39, 0.29) is 0 Å². The van der Waals surface area contributed by atoms with Gasteiger partial charge >= 0.3 is 6.01 Å². The van der Waals surface area contributed by atoms with Gasteiger partial charge in [-0.05, 0) is 25.2 Å². The van der Waals surface area contributed by atoms with Crippen LogP contribution in [0.1, 0.15) is 46.5 Å². The highest BCUT2D eigenvalue weighted by atomic mass is 16.5. The Morgan fingerprint density at radius 2 is 2.05 bits per heavy atom. The zero-order valence-electron chi connectivity index (χ0n) is 13.4. The number of nitrogens with one attached hydrogen (secondary N) is 1. The van der Waals surface area contributed by atoms with E-state index in [1.54, 1.807) is 0 Å². The molecule has 6 heteroatoms. The van der Waals surface area contributed by atoms with Crippen LogP contribution in [0.4, 0.5) is 11.9 Å². The van der Waals surface area contributed by atoms with Crippen molar-refractivity contribution in [1.82, 2.24) is 15.0 Å². The van der Waals surface area contributed by atoms with Gasteiger partial charge in [0.15, 0.2) is 0 Å². The lowest BCUT2D eigenvalue weighted by molar-refractivity contribution is 0.292. The molecule has 1 fully saturated rings. The van der Waals surface area contributed by atoms with Gasteiger partial charge < -0.3 is 15.0 Å². The highest BCUT2D eigenvalue weighted by Crippen LogP contribution is 2.24. The van der Waals surface area contributed by atoms with E-state index in [1.807, 2.05) is 0 Å². The highest BCUT2D eigenvalue weighted by molar-refractivity contribution is 5.39. The molecular weight excluding hydrogens is 266 g/mol. The topological polar surface area (TPSA) is 63.2 Å². The third-order valence-electron chi connectivity index (χ3n) is 3.72. The molecule has 0 bridgehead atoms. The first kappa shape index (κ1) is 15.8. The molecule has 1 unspecified atom stereocenters. The van der Waals surface area contributed by atoms with E-state index in [4.69, 9.17) is 4.74 Å². The molecular formula is C15H27N5O. The first-order chi connectivity index (χ1) is 10.3. The normalized spacial score (nSPS) is 18.0. The van der Waals surface area contributed by atoms with E-state index < -0.39 is 0 Å². The maximum atomic E-state index is 5.60. The second kappa shape index (κ2) is 8.00. The van der Waals surface area contributed by atoms with Crippen LogP contribution >= 0.6 is 0 Å². The van der Waals surface area contributed by atoms with E-state index >= 15 is 0 Å². The van der Waals surface area contributed by atoms with Gasteiger partial charge in [-0.2, -0.15) is 15.0 Å². The molecule has 1 atom stereocenters. The zero-order chi connectivity index (χ0) is 15.1. The Hall–Kier alpha value is -1.59. The largest absolute Gasteiger partial charge is 0.463 e. The third kappa shape index (κ3) is 4.44. The number of nitrogens with zero attached hydrogens (tertiary/aromatic N) is 4. The molecule has 2 heterocycles. The van der Waals surface area contributed by atoms with Crippen LogP contribution in [0, 0.1) is 5.92 Å². The van der Waals surface area contributed by atoms with Gasteiger partial charge in [0.05, 0.1) is 6.61 Å². The molecule has 0 saturated carbocycles. The lowest BCUT2D eigenvalue weighted by Crippen LogP contribution is -2.23. The van der Waals surface area contributed by atoms with E-state index in [1.165, 1.54) is 12.8 Å². The summed E-state index contributed by atoms with van der Waals surface area (Å²) >= 11 is 0. The maximum absolute atomic E-state index is 5.60. The van der Waals surface area contributed by atoms with Crippen molar-refractivity contribution in [3.05, 3.63) is 0 Å². The number of rotatable bonds is 8. The molecule has 1 N–H and O–H groups in total. The summed E-state index contributed by atoms with van der Waals surface area (Å²) in [6, 6.07) is 0.431. The van der Waals surface area contributed by atoms with Crippen LogP contribution < -0.4 is 15.0 Å². The van der Waals surface area contributed by atoms with Crippen LogP contribution in [0.5, 0.6) is 6.01 Å². The van der Waals surface area contributed by atoms with Gasteiger partial charge in [0.1, 0.15) is 0 Å². The predicted molar refractivity (Wildman–Crippen MR) is 85.0 cm³/mol. The number of hydrogen-bond acceptors (Lipinski definition) is 6. The molecule has 21 heavy (non-hydrogen) atoms. The quantitative estimate of drug-likeness (QED) is 0.795. The summed E-state index contributed by atoms with van der Waals surface area (Å²) in [4.78, 5) is 15.6. The van der Waals surface area contributed by atoms with Crippen LogP contribution in [0.25, 0.3) is 0 Å². The lowest BCUT2D eigenvalue weighted by Gasteiger charge is -2.17. The zero-order valence-corrected chi connectivity index (χ0v) is 13.4. The van der Waals surface area contributed by atoms with Gasteiger partial charge in [0, 0.05) is 19.6 Å². The second-order valence-electron chi connectivity index (χ2n) is 5.53. The van der Waals surface area contributed by atoms with Crippen molar-refractivity contribution in [2.45, 2.75) is 46.5 Å². The van der Waals surface area contributed by atoms with Gasteiger partial charge in [0.2, 0.25) is 11.9 Å². The Morgan fingerprint density at radius 3 is 2.71 bits per heavy atom. The third-order valence-corrected chi connectivity index (χ3v) is 3.72. The fourth-order valence-electron chi connectivity index (χ4n) is 2.41. The number of aromatic nitrogens is 3. The van der Waals surface area contributed by atoms with Gasteiger partial charge in [-0.15, -0.1) is 0 Å². The second-order valence-corrected chi connectivity index (χ2v) is 5.53. The molecule has 0 aliphatic carbocycles. The molecule has 1 saturated heterocycles. The van der Waals surface area contributed by atoms with E-state index in [0.29, 0.717) is 18.6 Å². The molecule has 1 aromatic heterocycles. The molecule has 0 amide bonds. The van der Waals surface area contributed by atoms with Gasteiger partial charge in [-0.3, -0.25) is 0 Å². The summed E-state index contributed by atoms with van der Waals surface area (Å²) in [5, 5.41) is 3.23. The lowest BCUT2D eigenvalue weighted by atomic mass is 10.1. The molecule has 1 aliphatic rings. The minimum absolute atomic E-state index is 0.431. The molecule has 0 radical (unpaired) electrons. The average Bonchev–Trinajstić information content (AvgIpc) is 3.00. The van der Waals surface area contributed by atoms with Gasteiger partial charge in [-0.25, -0.2) is 0 Å².